The van der Waals surface area contributed by atoms with Gasteiger partial charge in [0, 0.05) is 27.8 Å². The minimum Gasteiger partial charge on any atom is -0.457 e. The van der Waals surface area contributed by atoms with Gasteiger partial charge in [0.25, 0.3) is 0 Å². The minimum atomic E-state index is -0.109. The van der Waals surface area contributed by atoms with Gasteiger partial charge in [0.15, 0.2) is 10.5 Å². The van der Waals surface area contributed by atoms with Gasteiger partial charge in [0.1, 0.15) is 5.65 Å². The molecule has 3 aromatic heterocycles. The van der Waals surface area contributed by atoms with Crippen LogP contribution in [-0.2, 0) is 0 Å². The second kappa shape index (κ2) is 4.37. The van der Waals surface area contributed by atoms with Crippen LogP contribution in [0.1, 0.15) is 15.9 Å². The molecule has 6 heteroatoms. The van der Waals surface area contributed by atoms with Gasteiger partial charge >= 0.3 is 0 Å². The molecule has 0 unspecified atom stereocenters. The molecule has 0 saturated carbocycles. The first-order chi connectivity index (χ1) is 8.66. The van der Waals surface area contributed by atoms with Crippen molar-refractivity contribution in [3.8, 4) is 0 Å². The van der Waals surface area contributed by atoms with Crippen LogP contribution in [0.15, 0.2) is 44.3 Å². The molecule has 0 aliphatic heterocycles. The summed E-state index contributed by atoms with van der Waals surface area (Å²) in [4.78, 5) is 19.5. The molecule has 18 heavy (non-hydrogen) atoms. The van der Waals surface area contributed by atoms with Crippen molar-refractivity contribution in [1.29, 1.82) is 0 Å². The van der Waals surface area contributed by atoms with E-state index in [2.05, 4.69) is 41.8 Å². The van der Waals surface area contributed by atoms with E-state index in [9.17, 15) is 4.79 Å². The third-order valence-electron chi connectivity index (χ3n) is 2.60. The second-order valence-electron chi connectivity index (χ2n) is 3.69. The van der Waals surface area contributed by atoms with Gasteiger partial charge in [-0.1, -0.05) is 0 Å². The first-order valence-corrected chi connectivity index (χ1v) is 6.66. The topological polar surface area (TPSA) is 58.9 Å². The van der Waals surface area contributed by atoms with Gasteiger partial charge < -0.3 is 9.40 Å². The number of aromatic amines is 1. The van der Waals surface area contributed by atoms with Crippen molar-refractivity contribution >= 4 is 48.7 Å². The zero-order chi connectivity index (χ0) is 12.7. The molecule has 0 aromatic carbocycles. The highest BCUT2D eigenvalue weighted by molar-refractivity contribution is 9.10. The summed E-state index contributed by atoms with van der Waals surface area (Å²) in [5.74, 6) is -0.109. The number of hydrogen-bond donors (Lipinski definition) is 1. The molecule has 0 aliphatic carbocycles. The number of rotatable bonds is 2. The quantitative estimate of drug-likeness (QED) is 0.696. The van der Waals surface area contributed by atoms with Crippen LogP contribution in [0.5, 0.6) is 0 Å². The fourth-order valence-electron chi connectivity index (χ4n) is 1.77. The number of aromatic nitrogens is 2. The summed E-state index contributed by atoms with van der Waals surface area (Å²) in [7, 11) is 0. The standard InChI is InChI=1S/C12H6Br2N2O2/c13-6-3-8-9(5-16-12(8)15-4-6)10(17)7-1-2-18-11(7)14/h1-5H,(H,15,16). The fourth-order valence-corrected chi connectivity index (χ4v) is 2.52. The molecule has 90 valence electrons. The molecule has 0 aliphatic rings. The molecule has 0 atom stereocenters. The van der Waals surface area contributed by atoms with Crippen LogP contribution in [0, 0.1) is 0 Å². The Labute approximate surface area is 119 Å². The molecule has 0 amide bonds. The van der Waals surface area contributed by atoms with E-state index in [1.807, 2.05) is 6.07 Å². The normalized spacial score (nSPS) is 11.0. The summed E-state index contributed by atoms with van der Waals surface area (Å²) >= 11 is 6.56. The molecule has 3 rings (SSSR count). The Bertz CT molecular complexity index is 745. The van der Waals surface area contributed by atoms with Crippen molar-refractivity contribution in [3.05, 3.63) is 51.1 Å². The van der Waals surface area contributed by atoms with E-state index in [1.165, 1.54) is 6.26 Å². The number of carbonyl (C=O) groups excluding carboxylic acids is 1. The molecule has 1 N–H and O–H groups in total. The third kappa shape index (κ3) is 1.81. The average molecular weight is 370 g/mol. The predicted octanol–water partition coefficient (Wildman–Crippen LogP) is 3.91. The summed E-state index contributed by atoms with van der Waals surface area (Å²) in [6.07, 6.45) is 4.81. The van der Waals surface area contributed by atoms with Crippen molar-refractivity contribution in [2.45, 2.75) is 0 Å². The molecule has 0 spiro atoms. The number of fused-ring (bicyclic) bond motifs is 1. The lowest BCUT2D eigenvalue weighted by molar-refractivity contribution is 0.103. The maximum absolute atomic E-state index is 12.4. The van der Waals surface area contributed by atoms with E-state index in [4.69, 9.17) is 4.42 Å². The number of nitrogens with zero attached hydrogens (tertiary/aromatic N) is 1. The van der Waals surface area contributed by atoms with Crippen LogP contribution >= 0.6 is 31.9 Å². The van der Waals surface area contributed by atoms with Gasteiger partial charge in [-0.2, -0.15) is 0 Å². The lowest BCUT2D eigenvalue weighted by atomic mass is 10.1. The first-order valence-electron chi connectivity index (χ1n) is 5.07. The number of furan rings is 1. The highest BCUT2D eigenvalue weighted by Crippen LogP contribution is 2.26. The molecular weight excluding hydrogens is 364 g/mol. The second-order valence-corrected chi connectivity index (χ2v) is 5.33. The van der Waals surface area contributed by atoms with Crippen molar-refractivity contribution in [3.63, 3.8) is 0 Å². The van der Waals surface area contributed by atoms with Gasteiger partial charge in [0.05, 0.1) is 11.8 Å². The number of hydrogen-bond acceptors (Lipinski definition) is 3. The van der Waals surface area contributed by atoms with E-state index in [1.54, 1.807) is 18.5 Å². The molecule has 3 heterocycles. The Balaban J connectivity index is 2.18. The van der Waals surface area contributed by atoms with Gasteiger partial charge in [-0.3, -0.25) is 4.79 Å². The lowest BCUT2D eigenvalue weighted by Crippen LogP contribution is -1.99. The first kappa shape index (κ1) is 11.7. The van der Waals surface area contributed by atoms with Crippen molar-refractivity contribution in [2.75, 3.05) is 0 Å². The zero-order valence-electron chi connectivity index (χ0n) is 8.91. The van der Waals surface area contributed by atoms with Crippen LogP contribution < -0.4 is 0 Å². The summed E-state index contributed by atoms with van der Waals surface area (Å²) in [6, 6.07) is 3.50. The molecule has 3 aromatic rings. The number of nitrogens with one attached hydrogen (secondary N) is 1. The number of ketones is 1. The van der Waals surface area contributed by atoms with E-state index < -0.39 is 0 Å². The number of carbonyl (C=O) groups is 1. The van der Waals surface area contributed by atoms with Gasteiger partial charge in [0.2, 0.25) is 0 Å². The smallest absolute Gasteiger partial charge is 0.199 e. The summed E-state index contributed by atoms with van der Waals surface area (Å²) < 4.78 is 6.34. The maximum Gasteiger partial charge on any atom is 0.199 e. The molecule has 0 fully saturated rings. The highest BCUT2D eigenvalue weighted by Gasteiger charge is 2.18. The highest BCUT2D eigenvalue weighted by atomic mass is 79.9. The number of halogens is 2. The molecule has 0 bridgehead atoms. The monoisotopic (exact) mass is 368 g/mol. The van der Waals surface area contributed by atoms with E-state index in [-0.39, 0.29) is 5.78 Å². The van der Waals surface area contributed by atoms with Crippen molar-refractivity contribution < 1.29 is 9.21 Å². The van der Waals surface area contributed by atoms with Gasteiger partial charge in [-0.25, -0.2) is 4.98 Å². The van der Waals surface area contributed by atoms with Crippen LogP contribution in [0.2, 0.25) is 0 Å². The maximum atomic E-state index is 12.4. The molecule has 0 radical (unpaired) electrons. The molecular formula is C12H6Br2N2O2. The Morgan fingerprint density at radius 2 is 2.17 bits per heavy atom. The SMILES string of the molecule is O=C(c1ccoc1Br)c1c[nH]c2ncc(Br)cc12. The largest absolute Gasteiger partial charge is 0.457 e. The van der Waals surface area contributed by atoms with E-state index >= 15 is 0 Å². The summed E-state index contributed by atoms with van der Waals surface area (Å²) in [5, 5.41) is 0.780. The Hall–Kier alpha value is -1.40. The van der Waals surface area contributed by atoms with Crippen LogP contribution in [-0.4, -0.2) is 15.8 Å². The van der Waals surface area contributed by atoms with Crippen LogP contribution in [0.3, 0.4) is 0 Å². The summed E-state index contributed by atoms with van der Waals surface area (Å²) in [6.45, 7) is 0. The number of H-pyrrole nitrogens is 1. The van der Waals surface area contributed by atoms with Crippen LogP contribution in [0.4, 0.5) is 0 Å². The predicted molar refractivity (Wildman–Crippen MR) is 73.6 cm³/mol. The number of pyridine rings is 1. The van der Waals surface area contributed by atoms with E-state index in [0.29, 0.717) is 21.4 Å². The molecule has 4 nitrogen and oxygen atoms in total. The summed E-state index contributed by atoms with van der Waals surface area (Å²) in [5.41, 5.74) is 1.75. The Kier molecular flexibility index (Phi) is 2.83. The van der Waals surface area contributed by atoms with Crippen molar-refractivity contribution in [2.24, 2.45) is 0 Å². The van der Waals surface area contributed by atoms with Crippen molar-refractivity contribution in [1.82, 2.24) is 9.97 Å². The zero-order valence-corrected chi connectivity index (χ0v) is 12.1. The lowest BCUT2D eigenvalue weighted by Gasteiger charge is -1.97. The Morgan fingerprint density at radius 3 is 2.89 bits per heavy atom. The Morgan fingerprint density at radius 1 is 1.33 bits per heavy atom. The minimum absolute atomic E-state index is 0.109. The van der Waals surface area contributed by atoms with Gasteiger partial charge in [-0.05, 0) is 44.0 Å². The van der Waals surface area contributed by atoms with Crippen LogP contribution in [0.25, 0.3) is 11.0 Å². The molecule has 0 saturated heterocycles. The average Bonchev–Trinajstić information content (AvgIpc) is 2.94. The fraction of sp³-hybridized carbons (Fsp3) is 0. The third-order valence-corrected chi connectivity index (χ3v) is 3.65. The van der Waals surface area contributed by atoms with Gasteiger partial charge in [-0.15, -0.1) is 0 Å². The van der Waals surface area contributed by atoms with E-state index in [0.717, 1.165) is 9.86 Å².